The van der Waals surface area contributed by atoms with Crippen LogP contribution in [0.3, 0.4) is 0 Å². The zero-order chi connectivity index (χ0) is 13.0. The van der Waals surface area contributed by atoms with Crippen LogP contribution in [0.1, 0.15) is 19.4 Å². The first-order chi connectivity index (χ1) is 8.62. The van der Waals surface area contributed by atoms with E-state index in [2.05, 4.69) is 11.4 Å². The summed E-state index contributed by atoms with van der Waals surface area (Å²) in [6.07, 6.45) is 0. The zero-order valence-corrected chi connectivity index (χ0v) is 10.8. The number of fused-ring (bicyclic) bond motifs is 1. The van der Waals surface area contributed by atoms with Crippen LogP contribution < -0.4 is 14.8 Å². The Hall–Kier alpha value is -1.73. The van der Waals surface area contributed by atoms with Gasteiger partial charge in [0.05, 0.1) is 11.5 Å². The highest BCUT2D eigenvalue weighted by atomic mass is 16.6. The Labute approximate surface area is 108 Å². The molecule has 0 aliphatic carbocycles. The molecular weight excluding hydrogens is 228 g/mol. The summed E-state index contributed by atoms with van der Waals surface area (Å²) in [6, 6.07) is 8.16. The number of nitrogens with one attached hydrogen (secondary N) is 1. The van der Waals surface area contributed by atoms with Gasteiger partial charge in [0.1, 0.15) is 13.2 Å². The molecule has 4 nitrogen and oxygen atoms in total. The van der Waals surface area contributed by atoms with Gasteiger partial charge in [-0.05, 0) is 19.9 Å². The molecule has 0 saturated heterocycles. The molecule has 1 aromatic carbocycles. The van der Waals surface area contributed by atoms with Crippen LogP contribution in [0.5, 0.6) is 11.5 Å². The minimum absolute atomic E-state index is 0.355. The first kappa shape index (κ1) is 12.7. The summed E-state index contributed by atoms with van der Waals surface area (Å²) in [6.45, 7) is 6.35. The highest BCUT2D eigenvalue weighted by molar-refractivity contribution is 5.47. The van der Waals surface area contributed by atoms with Crippen LogP contribution in [0.2, 0.25) is 0 Å². The van der Waals surface area contributed by atoms with Crippen molar-refractivity contribution in [1.29, 1.82) is 5.26 Å². The van der Waals surface area contributed by atoms with Gasteiger partial charge in [-0.2, -0.15) is 5.26 Å². The number of hydrogen-bond acceptors (Lipinski definition) is 4. The van der Waals surface area contributed by atoms with Crippen molar-refractivity contribution in [1.82, 2.24) is 5.32 Å². The Bertz CT molecular complexity index is 463. The number of nitriles is 1. The lowest BCUT2D eigenvalue weighted by molar-refractivity contribution is 0.169. The maximum atomic E-state index is 8.95. The molecule has 0 bridgehead atoms. The van der Waals surface area contributed by atoms with E-state index < -0.39 is 0 Å². The molecule has 96 valence electrons. The van der Waals surface area contributed by atoms with E-state index in [4.69, 9.17) is 14.7 Å². The van der Waals surface area contributed by atoms with Gasteiger partial charge in [-0.3, -0.25) is 0 Å². The second-order valence-electron chi connectivity index (χ2n) is 5.04. The van der Waals surface area contributed by atoms with Crippen LogP contribution in [0.4, 0.5) is 0 Å². The molecule has 4 heteroatoms. The number of rotatable bonds is 4. The lowest BCUT2D eigenvalue weighted by atomic mass is 9.96. The average molecular weight is 246 g/mol. The van der Waals surface area contributed by atoms with Gasteiger partial charge in [0, 0.05) is 18.7 Å². The van der Waals surface area contributed by atoms with Crippen molar-refractivity contribution in [3.8, 4) is 17.6 Å². The van der Waals surface area contributed by atoms with Gasteiger partial charge in [0.15, 0.2) is 11.5 Å². The summed E-state index contributed by atoms with van der Waals surface area (Å²) < 4.78 is 11.2. The normalized spacial score (nSPS) is 14.1. The van der Waals surface area contributed by atoms with Crippen molar-refractivity contribution in [3.63, 3.8) is 0 Å². The van der Waals surface area contributed by atoms with Gasteiger partial charge in [-0.15, -0.1) is 0 Å². The van der Waals surface area contributed by atoms with E-state index >= 15 is 0 Å². The molecule has 1 N–H and O–H groups in total. The van der Waals surface area contributed by atoms with Gasteiger partial charge in [-0.25, -0.2) is 0 Å². The number of ether oxygens (including phenoxy) is 2. The molecule has 0 spiro atoms. The summed E-state index contributed by atoms with van der Waals surface area (Å²) in [5, 5.41) is 12.2. The first-order valence-corrected chi connectivity index (χ1v) is 6.12. The summed E-state index contributed by atoms with van der Waals surface area (Å²) in [7, 11) is 0. The van der Waals surface area contributed by atoms with Crippen LogP contribution in [-0.4, -0.2) is 19.8 Å². The van der Waals surface area contributed by atoms with Crippen LogP contribution in [0, 0.1) is 16.7 Å². The minimum Gasteiger partial charge on any atom is -0.486 e. The molecule has 1 aliphatic rings. The maximum absolute atomic E-state index is 8.95. The van der Waals surface area contributed by atoms with E-state index in [1.165, 1.54) is 0 Å². The largest absolute Gasteiger partial charge is 0.486 e. The number of para-hydroxylation sites is 1. The fourth-order valence-corrected chi connectivity index (χ4v) is 1.82. The molecule has 0 fully saturated rings. The van der Waals surface area contributed by atoms with E-state index in [0.29, 0.717) is 26.3 Å². The lowest BCUT2D eigenvalue weighted by Crippen LogP contribution is -2.28. The number of nitrogens with zero attached hydrogens (tertiary/aromatic N) is 1. The fraction of sp³-hybridized carbons (Fsp3) is 0.500. The van der Waals surface area contributed by atoms with Crippen molar-refractivity contribution in [2.45, 2.75) is 20.4 Å². The molecule has 0 radical (unpaired) electrons. The predicted octanol–water partition coefficient (Wildman–Crippen LogP) is 2.10. The SMILES string of the molecule is CC(C)(C#N)CNCc1cccc2c1OCCO2. The van der Waals surface area contributed by atoms with Crippen LogP contribution in [-0.2, 0) is 6.54 Å². The maximum Gasteiger partial charge on any atom is 0.165 e. The Balaban J connectivity index is 2.00. The molecular formula is C14H18N2O2. The highest BCUT2D eigenvalue weighted by Crippen LogP contribution is 2.33. The van der Waals surface area contributed by atoms with Crippen molar-refractivity contribution < 1.29 is 9.47 Å². The van der Waals surface area contributed by atoms with Crippen LogP contribution >= 0.6 is 0 Å². The first-order valence-electron chi connectivity index (χ1n) is 6.12. The van der Waals surface area contributed by atoms with Gasteiger partial charge in [0.25, 0.3) is 0 Å². The van der Waals surface area contributed by atoms with E-state index in [9.17, 15) is 0 Å². The Morgan fingerprint density at radius 1 is 1.33 bits per heavy atom. The van der Waals surface area contributed by atoms with E-state index in [1.54, 1.807) is 0 Å². The standard InChI is InChI=1S/C14H18N2O2/c1-14(2,9-15)10-16-8-11-4-3-5-12-13(11)18-7-6-17-12/h3-5,16H,6-8,10H2,1-2H3. The molecule has 1 heterocycles. The fourth-order valence-electron chi connectivity index (χ4n) is 1.82. The summed E-state index contributed by atoms with van der Waals surface area (Å²) in [4.78, 5) is 0. The van der Waals surface area contributed by atoms with Crippen molar-refractivity contribution in [2.24, 2.45) is 5.41 Å². The van der Waals surface area contributed by atoms with E-state index in [0.717, 1.165) is 17.1 Å². The summed E-state index contributed by atoms with van der Waals surface area (Å²) in [5.74, 6) is 1.63. The zero-order valence-electron chi connectivity index (χ0n) is 10.8. The van der Waals surface area contributed by atoms with Crippen LogP contribution in [0.15, 0.2) is 18.2 Å². The lowest BCUT2D eigenvalue weighted by Gasteiger charge is -2.22. The topological polar surface area (TPSA) is 54.3 Å². The molecule has 18 heavy (non-hydrogen) atoms. The monoisotopic (exact) mass is 246 g/mol. The summed E-state index contributed by atoms with van der Waals surface area (Å²) in [5.41, 5.74) is 0.715. The summed E-state index contributed by atoms with van der Waals surface area (Å²) >= 11 is 0. The number of benzene rings is 1. The third kappa shape index (κ3) is 2.93. The highest BCUT2D eigenvalue weighted by Gasteiger charge is 2.18. The van der Waals surface area contributed by atoms with Crippen molar-refractivity contribution in [2.75, 3.05) is 19.8 Å². The second-order valence-corrected chi connectivity index (χ2v) is 5.04. The molecule has 0 saturated carbocycles. The van der Waals surface area contributed by atoms with Gasteiger partial charge < -0.3 is 14.8 Å². The second kappa shape index (κ2) is 5.28. The molecule has 2 rings (SSSR count). The minimum atomic E-state index is -0.355. The number of hydrogen-bond donors (Lipinski definition) is 1. The Morgan fingerprint density at radius 3 is 2.89 bits per heavy atom. The molecule has 0 unspecified atom stereocenters. The van der Waals surface area contributed by atoms with Crippen LogP contribution in [0.25, 0.3) is 0 Å². The smallest absolute Gasteiger partial charge is 0.165 e. The Morgan fingerprint density at radius 2 is 2.11 bits per heavy atom. The molecule has 1 aliphatic heterocycles. The van der Waals surface area contributed by atoms with Crippen molar-refractivity contribution >= 4 is 0 Å². The van der Waals surface area contributed by atoms with Gasteiger partial charge in [-0.1, -0.05) is 12.1 Å². The Kier molecular flexibility index (Phi) is 3.73. The molecule has 0 amide bonds. The van der Waals surface area contributed by atoms with E-state index in [-0.39, 0.29) is 5.41 Å². The van der Waals surface area contributed by atoms with E-state index in [1.807, 2.05) is 32.0 Å². The molecule has 0 aromatic heterocycles. The van der Waals surface area contributed by atoms with Gasteiger partial charge in [0.2, 0.25) is 0 Å². The predicted molar refractivity (Wildman–Crippen MR) is 68.5 cm³/mol. The molecule has 0 atom stereocenters. The third-order valence-corrected chi connectivity index (χ3v) is 2.83. The quantitative estimate of drug-likeness (QED) is 0.884. The third-order valence-electron chi connectivity index (χ3n) is 2.83. The van der Waals surface area contributed by atoms with Crippen molar-refractivity contribution in [3.05, 3.63) is 23.8 Å². The molecule has 1 aromatic rings. The average Bonchev–Trinajstić information content (AvgIpc) is 2.39. The van der Waals surface area contributed by atoms with Gasteiger partial charge >= 0.3 is 0 Å².